The SMILES string of the molecule is O=C(CC(O)c1ccccc1)c1ccc(Cl)cc1. The molecule has 0 fully saturated rings. The number of aliphatic hydroxyl groups excluding tert-OH is 1. The number of Topliss-reactive ketones (excluding diaryl/α,β-unsaturated/α-hetero) is 1. The maximum atomic E-state index is 11.9. The van der Waals surface area contributed by atoms with Crippen molar-refractivity contribution < 1.29 is 9.90 Å². The van der Waals surface area contributed by atoms with Gasteiger partial charge in [0.2, 0.25) is 0 Å². The van der Waals surface area contributed by atoms with Gasteiger partial charge in [0.25, 0.3) is 0 Å². The fourth-order valence-electron chi connectivity index (χ4n) is 1.72. The molecule has 0 bridgehead atoms. The first kappa shape index (κ1) is 12.8. The third kappa shape index (κ3) is 3.19. The number of carbonyl (C=O) groups excluding carboxylic acids is 1. The quantitative estimate of drug-likeness (QED) is 0.852. The van der Waals surface area contributed by atoms with Crippen molar-refractivity contribution in [3.05, 3.63) is 70.7 Å². The number of aliphatic hydroxyl groups is 1. The molecule has 0 aliphatic heterocycles. The number of halogens is 1. The van der Waals surface area contributed by atoms with E-state index in [0.29, 0.717) is 10.6 Å². The summed E-state index contributed by atoms with van der Waals surface area (Å²) in [5.74, 6) is -0.0944. The minimum Gasteiger partial charge on any atom is -0.388 e. The summed E-state index contributed by atoms with van der Waals surface area (Å²) in [6.07, 6.45) is -0.694. The van der Waals surface area contributed by atoms with Gasteiger partial charge in [-0.05, 0) is 29.8 Å². The molecule has 3 heteroatoms. The van der Waals surface area contributed by atoms with Crippen LogP contribution in [0.25, 0.3) is 0 Å². The Kier molecular flexibility index (Phi) is 4.13. The van der Waals surface area contributed by atoms with Crippen molar-refractivity contribution in [3.63, 3.8) is 0 Å². The van der Waals surface area contributed by atoms with Crippen LogP contribution in [0.2, 0.25) is 5.02 Å². The van der Waals surface area contributed by atoms with Crippen LogP contribution in [0, 0.1) is 0 Å². The van der Waals surface area contributed by atoms with E-state index in [2.05, 4.69) is 0 Å². The number of carbonyl (C=O) groups is 1. The minimum absolute atomic E-state index is 0.0750. The van der Waals surface area contributed by atoms with E-state index >= 15 is 0 Å². The molecule has 0 amide bonds. The van der Waals surface area contributed by atoms with Gasteiger partial charge in [0, 0.05) is 17.0 Å². The van der Waals surface area contributed by atoms with E-state index < -0.39 is 6.10 Å². The molecule has 92 valence electrons. The Morgan fingerprint density at radius 3 is 2.28 bits per heavy atom. The molecule has 18 heavy (non-hydrogen) atoms. The average Bonchev–Trinajstić information content (AvgIpc) is 2.40. The number of rotatable bonds is 4. The van der Waals surface area contributed by atoms with Crippen LogP contribution in [0.3, 0.4) is 0 Å². The second kappa shape index (κ2) is 5.80. The van der Waals surface area contributed by atoms with Crippen LogP contribution in [0.15, 0.2) is 54.6 Å². The lowest BCUT2D eigenvalue weighted by Crippen LogP contribution is -2.06. The summed E-state index contributed by atoms with van der Waals surface area (Å²) in [6, 6.07) is 15.8. The van der Waals surface area contributed by atoms with Crippen molar-refractivity contribution in [1.82, 2.24) is 0 Å². The average molecular weight is 261 g/mol. The van der Waals surface area contributed by atoms with Gasteiger partial charge < -0.3 is 5.11 Å². The molecule has 2 nitrogen and oxygen atoms in total. The molecule has 2 rings (SSSR count). The molecule has 1 unspecified atom stereocenters. The zero-order valence-electron chi connectivity index (χ0n) is 9.71. The fraction of sp³-hybridized carbons (Fsp3) is 0.133. The summed E-state index contributed by atoms with van der Waals surface area (Å²) < 4.78 is 0. The van der Waals surface area contributed by atoms with Gasteiger partial charge in [-0.1, -0.05) is 41.9 Å². The predicted octanol–water partition coefficient (Wildman–Crippen LogP) is 3.65. The molecule has 0 aliphatic rings. The van der Waals surface area contributed by atoms with E-state index in [-0.39, 0.29) is 12.2 Å². The summed E-state index contributed by atoms with van der Waals surface area (Å²) in [6.45, 7) is 0. The van der Waals surface area contributed by atoms with E-state index in [1.54, 1.807) is 36.4 Å². The Balaban J connectivity index is 2.06. The summed E-state index contributed by atoms with van der Waals surface area (Å²) in [5.41, 5.74) is 1.31. The summed E-state index contributed by atoms with van der Waals surface area (Å²) >= 11 is 5.76. The third-order valence-electron chi connectivity index (χ3n) is 2.73. The fourth-order valence-corrected chi connectivity index (χ4v) is 1.85. The van der Waals surface area contributed by atoms with E-state index in [1.165, 1.54) is 0 Å². The lowest BCUT2D eigenvalue weighted by Gasteiger charge is -2.10. The number of benzene rings is 2. The monoisotopic (exact) mass is 260 g/mol. The molecule has 0 aromatic heterocycles. The standard InChI is InChI=1S/C15H13ClO2/c16-13-8-6-12(7-9-13)15(18)10-14(17)11-4-2-1-3-5-11/h1-9,14,17H,10H2. The first-order valence-corrected chi connectivity index (χ1v) is 6.06. The van der Waals surface area contributed by atoms with Crippen molar-refractivity contribution in [2.45, 2.75) is 12.5 Å². The highest BCUT2D eigenvalue weighted by molar-refractivity contribution is 6.30. The predicted molar refractivity (Wildman–Crippen MR) is 71.8 cm³/mol. The van der Waals surface area contributed by atoms with Crippen LogP contribution in [0.1, 0.15) is 28.4 Å². The summed E-state index contributed by atoms with van der Waals surface area (Å²) in [7, 11) is 0. The Bertz CT molecular complexity index is 520. The zero-order chi connectivity index (χ0) is 13.0. The summed E-state index contributed by atoms with van der Waals surface area (Å²) in [5, 5.41) is 10.6. The Hall–Kier alpha value is -1.64. The minimum atomic E-state index is -0.769. The smallest absolute Gasteiger partial charge is 0.165 e. The molecular formula is C15H13ClO2. The highest BCUT2D eigenvalue weighted by atomic mass is 35.5. The van der Waals surface area contributed by atoms with Gasteiger partial charge in [0.1, 0.15) is 0 Å². The topological polar surface area (TPSA) is 37.3 Å². The number of hydrogen-bond acceptors (Lipinski definition) is 2. The largest absolute Gasteiger partial charge is 0.388 e. The van der Waals surface area contributed by atoms with Crippen LogP contribution in [-0.4, -0.2) is 10.9 Å². The molecule has 0 radical (unpaired) electrons. The molecule has 0 saturated heterocycles. The second-order valence-electron chi connectivity index (χ2n) is 4.06. The molecular weight excluding hydrogens is 248 g/mol. The molecule has 0 spiro atoms. The van der Waals surface area contributed by atoms with Gasteiger partial charge in [-0.15, -0.1) is 0 Å². The van der Waals surface area contributed by atoms with Gasteiger partial charge in [0.05, 0.1) is 6.10 Å². The van der Waals surface area contributed by atoms with Crippen LogP contribution < -0.4 is 0 Å². The maximum Gasteiger partial charge on any atom is 0.165 e. The zero-order valence-corrected chi connectivity index (χ0v) is 10.5. The number of hydrogen-bond donors (Lipinski definition) is 1. The van der Waals surface area contributed by atoms with Crippen molar-refractivity contribution in [1.29, 1.82) is 0 Å². The van der Waals surface area contributed by atoms with Crippen LogP contribution in [0.5, 0.6) is 0 Å². The Labute approximate surface area is 111 Å². The third-order valence-corrected chi connectivity index (χ3v) is 2.98. The number of ketones is 1. The lowest BCUT2D eigenvalue weighted by atomic mass is 10.0. The van der Waals surface area contributed by atoms with Gasteiger partial charge in [-0.3, -0.25) is 4.79 Å². The van der Waals surface area contributed by atoms with E-state index in [1.807, 2.05) is 18.2 Å². The molecule has 0 heterocycles. The Morgan fingerprint density at radius 2 is 1.67 bits per heavy atom. The first-order chi connectivity index (χ1) is 8.66. The highest BCUT2D eigenvalue weighted by Crippen LogP contribution is 2.19. The van der Waals surface area contributed by atoms with E-state index in [4.69, 9.17) is 11.6 Å². The normalized spacial score (nSPS) is 12.1. The van der Waals surface area contributed by atoms with Crippen molar-refractivity contribution in [3.8, 4) is 0 Å². The molecule has 2 aromatic rings. The maximum absolute atomic E-state index is 11.9. The molecule has 0 aliphatic carbocycles. The van der Waals surface area contributed by atoms with Gasteiger partial charge in [-0.2, -0.15) is 0 Å². The second-order valence-corrected chi connectivity index (χ2v) is 4.50. The van der Waals surface area contributed by atoms with Gasteiger partial charge >= 0.3 is 0 Å². The lowest BCUT2D eigenvalue weighted by molar-refractivity contribution is 0.0880. The van der Waals surface area contributed by atoms with Crippen molar-refractivity contribution in [2.24, 2.45) is 0 Å². The van der Waals surface area contributed by atoms with Crippen LogP contribution in [-0.2, 0) is 0 Å². The molecule has 2 aromatic carbocycles. The van der Waals surface area contributed by atoms with Crippen molar-refractivity contribution >= 4 is 17.4 Å². The molecule has 1 atom stereocenters. The van der Waals surface area contributed by atoms with Crippen molar-refractivity contribution in [2.75, 3.05) is 0 Å². The van der Waals surface area contributed by atoms with Gasteiger partial charge in [0.15, 0.2) is 5.78 Å². The Morgan fingerprint density at radius 1 is 1.06 bits per heavy atom. The summed E-state index contributed by atoms with van der Waals surface area (Å²) in [4.78, 5) is 11.9. The van der Waals surface area contributed by atoms with Gasteiger partial charge in [-0.25, -0.2) is 0 Å². The van der Waals surface area contributed by atoms with E-state index in [9.17, 15) is 9.90 Å². The van der Waals surface area contributed by atoms with E-state index in [0.717, 1.165) is 5.56 Å². The first-order valence-electron chi connectivity index (χ1n) is 5.68. The van der Waals surface area contributed by atoms with Crippen LogP contribution in [0.4, 0.5) is 0 Å². The highest BCUT2D eigenvalue weighted by Gasteiger charge is 2.14. The molecule has 0 saturated carbocycles. The molecule has 1 N–H and O–H groups in total. The van der Waals surface area contributed by atoms with Crippen LogP contribution >= 0.6 is 11.6 Å².